The van der Waals surface area contributed by atoms with Crippen molar-refractivity contribution in [1.82, 2.24) is 15.5 Å². The van der Waals surface area contributed by atoms with Crippen molar-refractivity contribution in [2.75, 3.05) is 0 Å². The molecule has 1 atom stereocenters. The first kappa shape index (κ1) is 19.5. The first-order chi connectivity index (χ1) is 13.4. The fraction of sp³-hybridized carbons (Fsp3) is 0.273. The minimum atomic E-state index is -0.416. The molecule has 3 rings (SSSR count). The molecule has 0 bridgehead atoms. The number of amides is 1. The molecule has 1 unspecified atom stereocenters. The smallest absolute Gasteiger partial charge is 0.251 e. The summed E-state index contributed by atoms with van der Waals surface area (Å²) in [6.07, 6.45) is 0. The molecule has 6 heteroatoms. The van der Waals surface area contributed by atoms with Gasteiger partial charge in [-0.05, 0) is 37.1 Å². The number of benzene rings is 2. The first-order valence-electron chi connectivity index (χ1n) is 9.21. The van der Waals surface area contributed by atoms with E-state index in [1.54, 1.807) is 31.2 Å². The van der Waals surface area contributed by atoms with Crippen LogP contribution in [0.2, 0.25) is 0 Å². The van der Waals surface area contributed by atoms with Crippen molar-refractivity contribution < 1.29 is 14.1 Å². The third kappa shape index (κ3) is 4.17. The van der Waals surface area contributed by atoms with Crippen LogP contribution in [0.3, 0.4) is 0 Å². The molecule has 0 fully saturated rings. The van der Waals surface area contributed by atoms with Crippen LogP contribution >= 0.6 is 0 Å². The Labute approximate surface area is 164 Å². The lowest BCUT2D eigenvalue weighted by atomic mass is 9.96. The number of hydrogen-bond donors (Lipinski definition) is 1. The Morgan fingerprint density at radius 2 is 1.79 bits per heavy atom. The summed E-state index contributed by atoms with van der Waals surface area (Å²) in [5.74, 6) is 0.864. The predicted molar refractivity (Wildman–Crippen MR) is 106 cm³/mol. The van der Waals surface area contributed by atoms with Gasteiger partial charge in [0.15, 0.2) is 11.6 Å². The minimum Gasteiger partial charge on any atom is -0.341 e. The van der Waals surface area contributed by atoms with Gasteiger partial charge in [-0.25, -0.2) is 0 Å². The number of rotatable bonds is 6. The Hall–Kier alpha value is -3.28. The van der Waals surface area contributed by atoms with Crippen molar-refractivity contribution in [2.24, 2.45) is 0 Å². The maximum atomic E-state index is 12.7. The van der Waals surface area contributed by atoms with Gasteiger partial charge < -0.3 is 9.84 Å². The fourth-order valence-corrected chi connectivity index (χ4v) is 2.87. The lowest BCUT2D eigenvalue weighted by molar-refractivity contribution is 0.0932. The van der Waals surface area contributed by atoms with E-state index in [2.05, 4.69) is 15.5 Å². The van der Waals surface area contributed by atoms with Gasteiger partial charge in [0.25, 0.3) is 5.91 Å². The monoisotopic (exact) mass is 377 g/mol. The second-order valence-corrected chi connectivity index (χ2v) is 7.02. The van der Waals surface area contributed by atoms with Crippen LogP contribution < -0.4 is 5.32 Å². The van der Waals surface area contributed by atoms with E-state index in [0.29, 0.717) is 22.8 Å². The molecule has 6 nitrogen and oxygen atoms in total. The van der Waals surface area contributed by atoms with Gasteiger partial charge in [0.1, 0.15) is 6.04 Å². The van der Waals surface area contributed by atoms with Crippen LogP contribution in [-0.2, 0) is 0 Å². The summed E-state index contributed by atoms with van der Waals surface area (Å²) in [6, 6.07) is 14.1. The van der Waals surface area contributed by atoms with Gasteiger partial charge in [-0.15, -0.1) is 0 Å². The highest BCUT2D eigenvalue weighted by Crippen LogP contribution is 2.25. The van der Waals surface area contributed by atoms with Gasteiger partial charge in [0.05, 0.1) is 0 Å². The standard InChI is InChI=1S/C22H23N3O3/c1-13(2)20-24-22(28-25-20)14(3)23-21(27)17-9-7-8-16(12-17)19-11-6-5-10-18(19)15(4)26/h5-14H,1-4H3,(H,23,27). The average molecular weight is 377 g/mol. The van der Waals surface area contributed by atoms with Crippen LogP contribution in [0.4, 0.5) is 0 Å². The van der Waals surface area contributed by atoms with E-state index in [9.17, 15) is 9.59 Å². The molecular weight excluding hydrogens is 354 g/mol. The number of nitrogens with one attached hydrogen (secondary N) is 1. The molecule has 3 aromatic rings. The number of hydrogen-bond acceptors (Lipinski definition) is 5. The highest BCUT2D eigenvalue weighted by atomic mass is 16.5. The minimum absolute atomic E-state index is 0.0172. The largest absolute Gasteiger partial charge is 0.341 e. The zero-order valence-corrected chi connectivity index (χ0v) is 16.4. The Morgan fingerprint density at radius 3 is 2.46 bits per heavy atom. The molecule has 1 N–H and O–H groups in total. The number of ketones is 1. The van der Waals surface area contributed by atoms with E-state index >= 15 is 0 Å². The van der Waals surface area contributed by atoms with Crippen molar-refractivity contribution >= 4 is 11.7 Å². The SMILES string of the molecule is CC(=O)c1ccccc1-c1cccc(C(=O)NC(C)c2nc(C(C)C)no2)c1. The lowest BCUT2D eigenvalue weighted by Crippen LogP contribution is -2.26. The van der Waals surface area contributed by atoms with Crippen molar-refractivity contribution in [3.8, 4) is 11.1 Å². The Balaban J connectivity index is 1.82. The maximum Gasteiger partial charge on any atom is 0.251 e. The van der Waals surface area contributed by atoms with E-state index in [1.165, 1.54) is 6.92 Å². The molecule has 0 saturated heterocycles. The van der Waals surface area contributed by atoms with Gasteiger partial charge in [0.2, 0.25) is 5.89 Å². The summed E-state index contributed by atoms with van der Waals surface area (Å²) in [5, 5.41) is 6.81. The van der Waals surface area contributed by atoms with Crippen LogP contribution in [0.1, 0.15) is 72.1 Å². The van der Waals surface area contributed by atoms with Crippen LogP contribution in [0.5, 0.6) is 0 Å². The molecular formula is C22H23N3O3. The normalized spacial score (nSPS) is 12.0. The van der Waals surface area contributed by atoms with Crippen molar-refractivity contribution in [3.63, 3.8) is 0 Å². The molecule has 0 aliphatic heterocycles. The fourth-order valence-electron chi connectivity index (χ4n) is 2.87. The molecule has 2 aromatic carbocycles. The quantitative estimate of drug-likeness (QED) is 0.637. The molecule has 0 radical (unpaired) electrons. The van der Waals surface area contributed by atoms with Crippen molar-refractivity contribution in [2.45, 2.75) is 39.7 Å². The van der Waals surface area contributed by atoms with Gasteiger partial charge in [-0.3, -0.25) is 9.59 Å². The number of nitrogens with zero attached hydrogens (tertiary/aromatic N) is 2. The maximum absolute atomic E-state index is 12.7. The van der Waals surface area contributed by atoms with Gasteiger partial charge >= 0.3 is 0 Å². The van der Waals surface area contributed by atoms with Crippen molar-refractivity contribution in [1.29, 1.82) is 0 Å². The zero-order chi connectivity index (χ0) is 20.3. The number of carbonyl (C=O) groups is 2. The summed E-state index contributed by atoms with van der Waals surface area (Å²) in [4.78, 5) is 28.9. The summed E-state index contributed by atoms with van der Waals surface area (Å²) in [6.45, 7) is 7.28. The highest BCUT2D eigenvalue weighted by molar-refractivity contribution is 6.02. The van der Waals surface area contributed by atoms with Crippen LogP contribution in [0, 0.1) is 0 Å². The summed E-state index contributed by atoms with van der Waals surface area (Å²) < 4.78 is 5.25. The zero-order valence-electron chi connectivity index (χ0n) is 16.4. The Morgan fingerprint density at radius 1 is 1.04 bits per heavy atom. The first-order valence-corrected chi connectivity index (χ1v) is 9.21. The van der Waals surface area contributed by atoms with Crippen LogP contribution in [-0.4, -0.2) is 21.8 Å². The third-order valence-electron chi connectivity index (χ3n) is 4.43. The van der Waals surface area contributed by atoms with E-state index in [-0.39, 0.29) is 17.6 Å². The summed E-state index contributed by atoms with van der Waals surface area (Å²) in [5.41, 5.74) is 2.73. The molecule has 0 saturated carbocycles. The van der Waals surface area contributed by atoms with E-state index in [0.717, 1.165) is 11.1 Å². The number of Topliss-reactive ketones (excluding diaryl/α,β-unsaturated/α-hetero) is 1. The summed E-state index contributed by atoms with van der Waals surface area (Å²) >= 11 is 0. The average Bonchev–Trinajstić information content (AvgIpc) is 3.19. The number of carbonyl (C=O) groups excluding carboxylic acids is 2. The third-order valence-corrected chi connectivity index (χ3v) is 4.43. The van der Waals surface area contributed by atoms with Gasteiger partial charge in [-0.2, -0.15) is 4.98 Å². The van der Waals surface area contributed by atoms with E-state index < -0.39 is 6.04 Å². The lowest BCUT2D eigenvalue weighted by Gasteiger charge is -2.12. The second-order valence-electron chi connectivity index (χ2n) is 7.02. The Bertz CT molecular complexity index is 1010. The molecule has 0 aliphatic carbocycles. The number of aromatic nitrogens is 2. The van der Waals surface area contributed by atoms with E-state index in [4.69, 9.17) is 4.52 Å². The van der Waals surface area contributed by atoms with Crippen LogP contribution in [0.25, 0.3) is 11.1 Å². The predicted octanol–water partition coefficient (Wildman–Crippen LogP) is 4.55. The molecule has 0 spiro atoms. The van der Waals surface area contributed by atoms with Gasteiger partial charge in [0, 0.05) is 17.0 Å². The van der Waals surface area contributed by atoms with E-state index in [1.807, 2.05) is 38.1 Å². The molecule has 1 amide bonds. The molecule has 28 heavy (non-hydrogen) atoms. The molecule has 1 heterocycles. The van der Waals surface area contributed by atoms with Gasteiger partial charge in [-0.1, -0.05) is 55.4 Å². The Kier molecular flexibility index (Phi) is 5.68. The molecule has 144 valence electrons. The topological polar surface area (TPSA) is 85.1 Å². The summed E-state index contributed by atoms with van der Waals surface area (Å²) in [7, 11) is 0. The molecule has 1 aromatic heterocycles. The van der Waals surface area contributed by atoms with Crippen LogP contribution in [0.15, 0.2) is 53.1 Å². The van der Waals surface area contributed by atoms with Crippen molar-refractivity contribution in [3.05, 3.63) is 71.4 Å². The highest BCUT2D eigenvalue weighted by Gasteiger charge is 2.19. The second kappa shape index (κ2) is 8.17. The molecule has 0 aliphatic rings.